The minimum atomic E-state index is -0.163. The van der Waals surface area contributed by atoms with Crippen LogP contribution in [0, 0.1) is 17.3 Å². The monoisotopic (exact) mass is 232 g/mol. The molecule has 1 saturated carbocycles. The largest absolute Gasteiger partial charge is 0.458 e. The van der Waals surface area contributed by atoms with Crippen molar-refractivity contribution in [1.82, 2.24) is 0 Å². The molecule has 17 heavy (non-hydrogen) atoms. The van der Waals surface area contributed by atoms with Gasteiger partial charge in [-0.15, -0.1) is 0 Å². The van der Waals surface area contributed by atoms with E-state index in [0.29, 0.717) is 16.9 Å². The van der Waals surface area contributed by atoms with E-state index in [1.165, 1.54) is 18.4 Å². The number of fused-ring (bicyclic) bond motifs is 2. The smallest absolute Gasteiger partial charge is 0.334 e. The van der Waals surface area contributed by atoms with Crippen molar-refractivity contribution < 1.29 is 9.53 Å². The summed E-state index contributed by atoms with van der Waals surface area (Å²) in [7, 11) is 0. The Morgan fingerprint density at radius 1 is 1.53 bits per heavy atom. The van der Waals surface area contributed by atoms with Crippen molar-refractivity contribution in [2.75, 3.05) is 0 Å². The summed E-state index contributed by atoms with van der Waals surface area (Å²) in [6.45, 7) is 8.51. The van der Waals surface area contributed by atoms with Crippen molar-refractivity contribution in [2.45, 2.75) is 45.6 Å². The molecule has 3 aliphatic rings. The summed E-state index contributed by atoms with van der Waals surface area (Å²) in [4.78, 5) is 11.6. The highest BCUT2D eigenvalue weighted by molar-refractivity contribution is 5.90. The van der Waals surface area contributed by atoms with Crippen LogP contribution in [0.4, 0.5) is 0 Å². The molecule has 92 valence electrons. The van der Waals surface area contributed by atoms with E-state index in [9.17, 15) is 4.79 Å². The van der Waals surface area contributed by atoms with Crippen molar-refractivity contribution in [3.05, 3.63) is 23.8 Å². The molecule has 2 nitrogen and oxygen atoms in total. The van der Waals surface area contributed by atoms with Gasteiger partial charge in [0.05, 0.1) is 0 Å². The third-order valence-corrected chi connectivity index (χ3v) is 5.15. The Morgan fingerprint density at radius 3 is 3.06 bits per heavy atom. The summed E-state index contributed by atoms with van der Waals surface area (Å²) in [5.74, 6) is 0.717. The molecule has 0 spiro atoms. The lowest BCUT2D eigenvalue weighted by molar-refractivity contribution is -0.142. The van der Waals surface area contributed by atoms with Gasteiger partial charge in [-0.2, -0.15) is 0 Å². The minimum absolute atomic E-state index is 0.0992. The molecule has 4 unspecified atom stereocenters. The molecule has 2 heteroatoms. The summed E-state index contributed by atoms with van der Waals surface area (Å²) in [6.07, 6.45) is 6.93. The van der Waals surface area contributed by atoms with Crippen LogP contribution in [-0.2, 0) is 9.53 Å². The molecule has 2 aliphatic carbocycles. The van der Waals surface area contributed by atoms with Crippen LogP contribution in [0.25, 0.3) is 0 Å². The highest BCUT2D eigenvalue weighted by Gasteiger charge is 2.51. The van der Waals surface area contributed by atoms with Crippen molar-refractivity contribution in [3.8, 4) is 0 Å². The maximum absolute atomic E-state index is 11.6. The molecule has 1 heterocycles. The van der Waals surface area contributed by atoms with Crippen molar-refractivity contribution in [3.63, 3.8) is 0 Å². The number of hydrogen-bond donors (Lipinski definition) is 0. The van der Waals surface area contributed by atoms with Crippen LogP contribution in [0.2, 0.25) is 0 Å². The van der Waals surface area contributed by atoms with Gasteiger partial charge in [0.2, 0.25) is 0 Å². The Balaban J connectivity index is 1.93. The van der Waals surface area contributed by atoms with Crippen LogP contribution in [0.3, 0.4) is 0 Å². The molecule has 0 radical (unpaired) electrons. The van der Waals surface area contributed by atoms with E-state index in [4.69, 9.17) is 4.74 Å². The van der Waals surface area contributed by atoms with E-state index in [-0.39, 0.29) is 18.0 Å². The van der Waals surface area contributed by atoms with Crippen LogP contribution < -0.4 is 0 Å². The average Bonchev–Trinajstić information content (AvgIpc) is 2.52. The number of carbonyl (C=O) groups is 1. The predicted molar refractivity (Wildman–Crippen MR) is 66.3 cm³/mol. The maximum Gasteiger partial charge on any atom is 0.334 e. The van der Waals surface area contributed by atoms with Gasteiger partial charge in [-0.05, 0) is 43.9 Å². The molecule has 4 atom stereocenters. The molecule has 0 aromatic rings. The third kappa shape index (κ3) is 1.50. The molecule has 0 aromatic heterocycles. The molecular weight excluding hydrogens is 212 g/mol. The van der Waals surface area contributed by atoms with E-state index < -0.39 is 0 Å². The minimum Gasteiger partial charge on any atom is -0.458 e. The fourth-order valence-corrected chi connectivity index (χ4v) is 4.07. The number of allylic oxidation sites excluding steroid dienone is 2. The van der Waals surface area contributed by atoms with Gasteiger partial charge in [0.15, 0.2) is 0 Å². The number of hydrogen-bond acceptors (Lipinski definition) is 2. The summed E-state index contributed by atoms with van der Waals surface area (Å²) >= 11 is 0. The highest BCUT2D eigenvalue weighted by Crippen LogP contribution is 2.55. The lowest BCUT2D eigenvalue weighted by atomic mass is 9.57. The number of ether oxygens (including phenoxy) is 1. The maximum atomic E-state index is 11.6. The van der Waals surface area contributed by atoms with E-state index in [1.54, 1.807) is 0 Å². The lowest BCUT2D eigenvalue weighted by Crippen LogP contribution is -2.42. The van der Waals surface area contributed by atoms with Crippen LogP contribution in [0.15, 0.2) is 23.8 Å². The van der Waals surface area contributed by atoms with Crippen molar-refractivity contribution in [1.29, 1.82) is 0 Å². The fourth-order valence-electron chi connectivity index (χ4n) is 4.07. The van der Waals surface area contributed by atoms with Crippen LogP contribution >= 0.6 is 0 Å². The summed E-state index contributed by atoms with van der Waals surface area (Å²) < 4.78 is 5.47. The SMILES string of the molecule is C=C1C(=O)OC2CC3(C)CCC=C(C)C3CC12. The normalized spacial score (nSPS) is 44.8. The first-order valence-electron chi connectivity index (χ1n) is 6.58. The predicted octanol–water partition coefficient (Wildman–Crippen LogP) is 3.24. The second kappa shape index (κ2) is 3.47. The molecule has 2 fully saturated rings. The van der Waals surface area contributed by atoms with Crippen molar-refractivity contribution >= 4 is 5.97 Å². The Labute approximate surface area is 103 Å². The molecule has 3 rings (SSSR count). The third-order valence-electron chi connectivity index (χ3n) is 5.15. The van der Waals surface area contributed by atoms with Crippen LogP contribution in [0.5, 0.6) is 0 Å². The lowest BCUT2D eigenvalue weighted by Gasteiger charge is -2.48. The Bertz CT molecular complexity index is 421. The summed E-state index contributed by atoms with van der Waals surface area (Å²) in [5.41, 5.74) is 2.53. The topological polar surface area (TPSA) is 26.3 Å². The van der Waals surface area contributed by atoms with Gasteiger partial charge < -0.3 is 4.74 Å². The molecular formula is C15H20O2. The van der Waals surface area contributed by atoms with Gasteiger partial charge in [0.25, 0.3) is 0 Å². The van der Waals surface area contributed by atoms with E-state index in [1.807, 2.05) is 0 Å². The zero-order valence-corrected chi connectivity index (χ0v) is 10.7. The first kappa shape index (κ1) is 11.1. The standard InChI is InChI=1S/C15H20O2/c1-9-5-4-6-15(3)8-13-11(7-12(9)15)10(2)14(16)17-13/h5,11-13H,2,4,6-8H2,1,3H3. The summed E-state index contributed by atoms with van der Waals surface area (Å²) in [6, 6.07) is 0. The molecule has 0 N–H and O–H groups in total. The zero-order valence-electron chi connectivity index (χ0n) is 10.7. The molecule has 0 bridgehead atoms. The second-order valence-electron chi connectivity index (χ2n) is 6.21. The van der Waals surface area contributed by atoms with Gasteiger partial charge in [-0.25, -0.2) is 4.79 Å². The Kier molecular flexibility index (Phi) is 2.26. The van der Waals surface area contributed by atoms with Crippen LogP contribution in [0.1, 0.15) is 39.5 Å². The van der Waals surface area contributed by atoms with Gasteiger partial charge in [0, 0.05) is 11.5 Å². The van der Waals surface area contributed by atoms with Crippen molar-refractivity contribution in [2.24, 2.45) is 17.3 Å². The fraction of sp³-hybridized carbons (Fsp3) is 0.667. The first-order chi connectivity index (χ1) is 8.01. The molecule has 1 aliphatic heterocycles. The van der Waals surface area contributed by atoms with Gasteiger partial charge in [-0.1, -0.05) is 25.2 Å². The quantitative estimate of drug-likeness (QED) is 0.364. The first-order valence-corrected chi connectivity index (χ1v) is 6.58. The van der Waals surface area contributed by atoms with Gasteiger partial charge in [-0.3, -0.25) is 0 Å². The molecule has 0 amide bonds. The van der Waals surface area contributed by atoms with Crippen LogP contribution in [-0.4, -0.2) is 12.1 Å². The molecule has 1 saturated heterocycles. The van der Waals surface area contributed by atoms with E-state index in [0.717, 1.165) is 12.8 Å². The highest BCUT2D eigenvalue weighted by atomic mass is 16.6. The van der Waals surface area contributed by atoms with E-state index >= 15 is 0 Å². The number of rotatable bonds is 0. The van der Waals surface area contributed by atoms with Gasteiger partial charge in [0.1, 0.15) is 6.10 Å². The average molecular weight is 232 g/mol. The van der Waals surface area contributed by atoms with E-state index in [2.05, 4.69) is 26.5 Å². The second-order valence-corrected chi connectivity index (χ2v) is 6.21. The molecule has 0 aromatic carbocycles. The van der Waals surface area contributed by atoms with Gasteiger partial charge >= 0.3 is 5.97 Å². The Hall–Kier alpha value is -1.05. The summed E-state index contributed by atoms with van der Waals surface area (Å²) in [5, 5.41) is 0. The number of carbonyl (C=O) groups excluding carboxylic acids is 1. The number of esters is 1. The Morgan fingerprint density at radius 2 is 2.29 bits per heavy atom. The zero-order chi connectivity index (χ0) is 12.2.